The maximum Gasteiger partial charge on any atom is 0.0804 e. The third-order valence-corrected chi connectivity index (χ3v) is 4.58. The Bertz CT molecular complexity index is 490. The maximum absolute atomic E-state index is 4.23. The third kappa shape index (κ3) is 2.96. The Kier molecular flexibility index (Phi) is 4.86. The fraction of sp³-hybridized carbons (Fsp3) is 0.538. The highest BCUT2D eigenvalue weighted by Crippen LogP contribution is 2.30. The lowest BCUT2D eigenvalue weighted by atomic mass is 10.1. The normalized spacial score (nSPS) is 12.8. The van der Waals surface area contributed by atoms with Crippen molar-refractivity contribution < 1.29 is 0 Å². The Morgan fingerprint density at radius 3 is 2.83 bits per heavy atom. The van der Waals surface area contributed by atoms with Crippen LogP contribution in [0.2, 0.25) is 0 Å². The first kappa shape index (κ1) is 13.6. The summed E-state index contributed by atoms with van der Waals surface area (Å²) in [6, 6.07) is 2.52. The number of hydrogen-bond donors (Lipinski definition) is 1. The van der Waals surface area contributed by atoms with Gasteiger partial charge in [-0.2, -0.15) is 0 Å². The molecule has 2 aromatic rings. The van der Waals surface area contributed by atoms with Gasteiger partial charge in [0, 0.05) is 4.88 Å². The highest BCUT2D eigenvalue weighted by molar-refractivity contribution is 7.10. The van der Waals surface area contributed by atoms with E-state index in [4.69, 9.17) is 0 Å². The van der Waals surface area contributed by atoms with Crippen LogP contribution in [-0.2, 0) is 6.42 Å². The van der Waals surface area contributed by atoms with E-state index in [9.17, 15) is 0 Å². The molecule has 3 nitrogen and oxygen atoms in total. The Hall–Kier alpha value is -0.780. The van der Waals surface area contributed by atoms with Gasteiger partial charge in [0.05, 0.1) is 16.6 Å². The van der Waals surface area contributed by atoms with E-state index in [-0.39, 0.29) is 6.04 Å². The first-order valence-electron chi connectivity index (χ1n) is 6.35. The smallest absolute Gasteiger partial charge is 0.0804 e. The molecule has 2 heterocycles. The molecule has 1 atom stereocenters. The van der Waals surface area contributed by atoms with E-state index in [0.717, 1.165) is 25.1 Å². The van der Waals surface area contributed by atoms with Gasteiger partial charge < -0.3 is 5.32 Å². The zero-order valence-corrected chi connectivity index (χ0v) is 12.7. The topological polar surface area (TPSA) is 37.8 Å². The summed E-state index contributed by atoms with van der Waals surface area (Å²) in [7, 11) is 0. The first-order chi connectivity index (χ1) is 8.76. The summed E-state index contributed by atoms with van der Waals surface area (Å²) >= 11 is 3.32. The second-order valence-electron chi connectivity index (χ2n) is 4.32. The molecule has 0 bridgehead atoms. The molecular formula is C13H19N3S2. The lowest BCUT2D eigenvalue weighted by molar-refractivity contribution is 0.602. The van der Waals surface area contributed by atoms with Crippen LogP contribution < -0.4 is 5.32 Å². The van der Waals surface area contributed by atoms with Gasteiger partial charge in [0.25, 0.3) is 0 Å². The Morgan fingerprint density at radius 2 is 2.22 bits per heavy atom. The number of hydrogen-bond acceptors (Lipinski definition) is 5. The van der Waals surface area contributed by atoms with Crippen LogP contribution in [0.15, 0.2) is 11.4 Å². The molecule has 0 amide bonds. The molecule has 0 saturated heterocycles. The lowest BCUT2D eigenvalue weighted by Gasteiger charge is -2.16. The van der Waals surface area contributed by atoms with Crippen molar-refractivity contribution in [3.05, 3.63) is 32.5 Å². The SMILES string of the molecule is CCCNC(c1csc(C)c1)c1snnc1CC. The number of aryl methyl sites for hydroxylation is 2. The van der Waals surface area contributed by atoms with Crippen molar-refractivity contribution in [1.82, 2.24) is 14.9 Å². The Balaban J connectivity index is 2.30. The zero-order chi connectivity index (χ0) is 13.0. The van der Waals surface area contributed by atoms with Crippen LogP contribution in [0.3, 0.4) is 0 Å². The predicted octanol–water partition coefficient (Wildman–Crippen LogP) is 3.56. The molecule has 0 spiro atoms. The highest BCUT2D eigenvalue weighted by Gasteiger charge is 2.20. The molecular weight excluding hydrogens is 262 g/mol. The molecule has 18 heavy (non-hydrogen) atoms. The molecule has 2 rings (SSSR count). The fourth-order valence-electron chi connectivity index (χ4n) is 1.95. The van der Waals surface area contributed by atoms with E-state index in [1.807, 2.05) is 0 Å². The van der Waals surface area contributed by atoms with Crippen LogP contribution in [0.4, 0.5) is 0 Å². The molecule has 1 unspecified atom stereocenters. The van der Waals surface area contributed by atoms with Crippen LogP contribution in [0.1, 0.15) is 47.3 Å². The second kappa shape index (κ2) is 6.41. The van der Waals surface area contributed by atoms with Gasteiger partial charge >= 0.3 is 0 Å². The molecule has 0 aliphatic heterocycles. The van der Waals surface area contributed by atoms with Gasteiger partial charge in [0.2, 0.25) is 0 Å². The predicted molar refractivity (Wildman–Crippen MR) is 78.5 cm³/mol. The van der Waals surface area contributed by atoms with Crippen molar-refractivity contribution in [1.29, 1.82) is 0 Å². The van der Waals surface area contributed by atoms with Crippen LogP contribution in [0.25, 0.3) is 0 Å². The van der Waals surface area contributed by atoms with Gasteiger partial charge in [0.15, 0.2) is 0 Å². The van der Waals surface area contributed by atoms with E-state index in [0.29, 0.717) is 0 Å². The van der Waals surface area contributed by atoms with Crippen molar-refractivity contribution >= 4 is 22.9 Å². The summed E-state index contributed by atoms with van der Waals surface area (Å²) in [5.41, 5.74) is 2.46. The van der Waals surface area contributed by atoms with Crippen molar-refractivity contribution in [3.63, 3.8) is 0 Å². The molecule has 0 aliphatic carbocycles. The van der Waals surface area contributed by atoms with Gasteiger partial charge in [-0.1, -0.05) is 18.3 Å². The second-order valence-corrected chi connectivity index (χ2v) is 6.22. The van der Waals surface area contributed by atoms with Crippen LogP contribution in [0.5, 0.6) is 0 Å². The number of aromatic nitrogens is 2. The van der Waals surface area contributed by atoms with Gasteiger partial charge in [-0.25, -0.2) is 0 Å². The average molecular weight is 281 g/mol. The van der Waals surface area contributed by atoms with Crippen molar-refractivity contribution in [2.75, 3.05) is 6.54 Å². The molecule has 0 aliphatic rings. The van der Waals surface area contributed by atoms with Crippen molar-refractivity contribution in [2.45, 2.75) is 39.7 Å². The molecule has 0 aromatic carbocycles. The molecule has 0 fully saturated rings. The summed E-state index contributed by atoms with van der Waals surface area (Å²) in [5, 5.41) is 10.1. The van der Waals surface area contributed by atoms with Crippen LogP contribution in [-0.4, -0.2) is 16.1 Å². The summed E-state index contributed by atoms with van der Waals surface area (Å²) < 4.78 is 4.11. The maximum atomic E-state index is 4.23. The minimum absolute atomic E-state index is 0.254. The Labute approximate surface area is 116 Å². The lowest BCUT2D eigenvalue weighted by Crippen LogP contribution is -2.22. The quantitative estimate of drug-likeness (QED) is 0.879. The Morgan fingerprint density at radius 1 is 1.39 bits per heavy atom. The first-order valence-corrected chi connectivity index (χ1v) is 8.01. The summed E-state index contributed by atoms with van der Waals surface area (Å²) in [5.74, 6) is 0. The third-order valence-electron chi connectivity index (χ3n) is 2.86. The van der Waals surface area contributed by atoms with Gasteiger partial charge in [0.1, 0.15) is 0 Å². The molecule has 0 saturated carbocycles. The van der Waals surface area contributed by atoms with E-state index < -0.39 is 0 Å². The molecule has 5 heteroatoms. The van der Waals surface area contributed by atoms with E-state index in [1.165, 1.54) is 26.9 Å². The number of thiophene rings is 1. The monoisotopic (exact) mass is 281 g/mol. The minimum atomic E-state index is 0.254. The minimum Gasteiger partial charge on any atom is -0.305 e. The van der Waals surface area contributed by atoms with Crippen molar-refractivity contribution in [3.8, 4) is 0 Å². The number of nitrogens with one attached hydrogen (secondary N) is 1. The van der Waals surface area contributed by atoms with E-state index >= 15 is 0 Å². The van der Waals surface area contributed by atoms with Crippen LogP contribution in [0, 0.1) is 6.92 Å². The summed E-state index contributed by atoms with van der Waals surface area (Å²) in [6.45, 7) is 7.49. The highest BCUT2D eigenvalue weighted by atomic mass is 32.1. The van der Waals surface area contributed by atoms with E-state index in [1.54, 1.807) is 11.3 Å². The molecule has 2 aromatic heterocycles. The van der Waals surface area contributed by atoms with Gasteiger partial charge in [-0.3, -0.25) is 0 Å². The summed E-state index contributed by atoms with van der Waals surface area (Å²) in [6.07, 6.45) is 2.08. The molecule has 1 N–H and O–H groups in total. The zero-order valence-electron chi connectivity index (χ0n) is 11.1. The van der Waals surface area contributed by atoms with E-state index in [2.05, 4.69) is 47.1 Å². The fourth-order valence-corrected chi connectivity index (χ4v) is 3.52. The standard InChI is InChI=1S/C13H19N3S2/c1-4-6-14-12(10-7-9(3)17-8-10)13-11(5-2)15-16-18-13/h7-8,12,14H,4-6H2,1-3H3. The number of rotatable bonds is 6. The van der Waals surface area contributed by atoms with Crippen LogP contribution >= 0.6 is 22.9 Å². The number of nitrogens with zero attached hydrogens (tertiary/aromatic N) is 2. The molecule has 0 radical (unpaired) electrons. The van der Waals surface area contributed by atoms with Crippen molar-refractivity contribution in [2.24, 2.45) is 0 Å². The van der Waals surface area contributed by atoms with Gasteiger partial charge in [-0.15, -0.1) is 16.4 Å². The molecule has 98 valence electrons. The summed E-state index contributed by atoms with van der Waals surface area (Å²) in [4.78, 5) is 2.62. The van der Waals surface area contributed by atoms with Gasteiger partial charge in [-0.05, 0) is 54.9 Å². The average Bonchev–Trinajstić information content (AvgIpc) is 2.99. The largest absolute Gasteiger partial charge is 0.305 e.